The number of piperazine rings is 1. The lowest BCUT2D eigenvalue weighted by atomic mass is 10.1. The zero-order valence-corrected chi connectivity index (χ0v) is 19.6. The van der Waals surface area contributed by atoms with Crippen LogP contribution in [0.5, 0.6) is 0 Å². The van der Waals surface area contributed by atoms with Gasteiger partial charge < -0.3 is 10.2 Å². The van der Waals surface area contributed by atoms with Gasteiger partial charge in [0.15, 0.2) is 0 Å². The van der Waals surface area contributed by atoms with Gasteiger partial charge in [-0.15, -0.1) is 0 Å². The molecule has 0 saturated carbocycles. The first kappa shape index (κ1) is 22.2. The summed E-state index contributed by atoms with van der Waals surface area (Å²) >= 11 is 1.66. The number of nitrogens with zero attached hydrogens (tertiary/aromatic N) is 2. The molecular formula is C24H23F2N3O2S2. The largest absolute Gasteiger partial charge is 0.367 e. The van der Waals surface area contributed by atoms with Gasteiger partial charge in [0.25, 0.3) is 0 Å². The van der Waals surface area contributed by atoms with Crippen LogP contribution in [0, 0.1) is 11.6 Å². The monoisotopic (exact) mass is 487 g/mol. The third kappa shape index (κ3) is 4.20. The van der Waals surface area contributed by atoms with E-state index in [9.17, 15) is 17.2 Å². The van der Waals surface area contributed by atoms with Crippen LogP contribution in [0.4, 0.5) is 25.8 Å². The van der Waals surface area contributed by atoms with E-state index in [2.05, 4.69) is 5.32 Å². The van der Waals surface area contributed by atoms with Gasteiger partial charge in [-0.25, -0.2) is 17.2 Å². The zero-order chi connectivity index (χ0) is 23.2. The van der Waals surface area contributed by atoms with E-state index in [1.807, 2.05) is 42.5 Å². The fraction of sp³-hybridized carbons (Fsp3) is 0.250. The normalized spacial score (nSPS) is 17.1. The number of hydrogen-bond donors (Lipinski definition) is 1. The van der Waals surface area contributed by atoms with Gasteiger partial charge in [-0.1, -0.05) is 30.0 Å². The first-order valence-corrected chi connectivity index (χ1v) is 13.0. The molecule has 9 heteroatoms. The molecule has 0 spiro atoms. The highest BCUT2D eigenvalue weighted by Gasteiger charge is 2.33. The smallest absolute Gasteiger partial charge is 0.221 e. The topological polar surface area (TPSA) is 52.7 Å². The molecule has 1 N–H and O–H groups in total. The second-order valence-electron chi connectivity index (χ2n) is 8.15. The molecule has 1 saturated heterocycles. The number of benzene rings is 3. The van der Waals surface area contributed by atoms with Crippen LogP contribution in [0.3, 0.4) is 0 Å². The highest BCUT2D eigenvalue weighted by molar-refractivity contribution is 7.99. The van der Waals surface area contributed by atoms with Crippen molar-refractivity contribution in [1.29, 1.82) is 0 Å². The standard InChI is InChI=1S/C24H23F2N3O2S2/c1-16(17-6-9-24-21(14-17)27-20-4-2-3-5-23(20)32-24)33(30,31)29-12-10-28(11-13-29)22-8-7-18(25)15-19(22)26/h2-9,14-16,27H,10-13H2,1H3. The van der Waals surface area contributed by atoms with Crippen molar-refractivity contribution in [2.24, 2.45) is 0 Å². The summed E-state index contributed by atoms with van der Waals surface area (Å²) in [5.74, 6) is -1.27. The van der Waals surface area contributed by atoms with E-state index in [-0.39, 0.29) is 13.1 Å². The van der Waals surface area contributed by atoms with Crippen molar-refractivity contribution in [3.63, 3.8) is 0 Å². The van der Waals surface area contributed by atoms with Crippen molar-refractivity contribution in [2.75, 3.05) is 36.4 Å². The molecule has 33 heavy (non-hydrogen) atoms. The molecule has 0 aromatic heterocycles. The summed E-state index contributed by atoms with van der Waals surface area (Å²) in [6.07, 6.45) is 0. The Morgan fingerprint density at radius 3 is 2.39 bits per heavy atom. The molecule has 5 rings (SSSR count). The van der Waals surface area contributed by atoms with Crippen molar-refractivity contribution in [3.05, 3.63) is 77.9 Å². The molecule has 0 aliphatic carbocycles. The van der Waals surface area contributed by atoms with Crippen LogP contribution in [-0.4, -0.2) is 38.9 Å². The van der Waals surface area contributed by atoms with Gasteiger partial charge >= 0.3 is 0 Å². The number of fused-ring (bicyclic) bond motifs is 2. The highest BCUT2D eigenvalue weighted by atomic mass is 32.2. The highest BCUT2D eigenvalue weighted by Crippen LogP contribution is 2.45. The molecule has 1 fully saturated rings. The van der Waals surface area contributed by atoms with E-state index in [0.29, 0.717) is 24.3 Å². The molecule has 0 radical (unpaired) electrons. The third-order valence-corrected chi connectivity index (χ3v) is 9.55. The van der Waals surface area contributed by atoms with Crippen LogP contribution >= 0.6 is 11.8 Å². The Hall–Kier alpha value is -2.62. The van der Waals surface area contributed by atoms with Crippen LogP contribution < -0.4 is 10.2 Å². The summed E-state index contributed by atoms with van der Waals surface area (Å²) in [5.41, 5.74) is 2.91. The van der Waals surface area contributed by atoms with E-state index < -0.39 is 26.9 Å². The molecular weight excluding hydrogens is 464 g/mol. The van der Waals surface area contributed by atoms with Gasteiger partial charge in [-0.05, 0) is 48.9 Å². The number of halogens is 2. The summed E-state index contributed by atoms with van der Waals surface area (Å²) in [6.45, 7) is 2.88. The maximum absolute atomic E-state index is 14.1. The number of nitrogens with one attached hydrogen (secondary N) is 1. The van der Waals surface area contributed by atoms with E-state index in [4.69, 9.17) is 0 Å². The van der Waals surface area contributed by atoms with Crippen molar-refractivity contribution < 1.29 is 17.2 Å². The van der Waals surface area contributed by atoms with Crippen molar-refractivity contribution in [3.8, 4) is 0 Å². The molecule has 0 amide bonds. The maximum Gasteiger partial charge on any atom is 0.221 e. The Bertz CT molecular complexity index is 1310. The summed E-state index contributed by atoms with van der Waals surface area (Å²) in [5, 5.41) is 2.68. The average Bonchev–Trinajstić information content (AvgIpc) is 2.82. The van der Waals surface area contributed by atoms with Crippen molar-refractivity contribution >= 4 is 38.8 Å². The quantitative estimate of drug-likeness (QED) is 0.419. The van der Waals surface area contributed by atoms with Crippen LogP contribution in [-0.2, 0) is 10.0 Å². The van der Waals surface area contributed by atoms with E-state index in [1.54, 1.807) is 23.6 Å². The molecule has 5 nitrogen and oxygen atoms in total. The molecule has 3 aromatic rings. The predicted molar refractivity (Wildman–Crippen MR) is 128 cm³/mol. The van der Waals surface area contributed by atoms with Gasteiger partial charge in [0.2, 0.25) is 10.0 Å². The molecule has 2 heterocycles. The minimum Gasteiger partial charge on any atom is -0.367 e. The fourth-order valence-electron chi connectivity index (χ4n) is 4.23. The molecule has 1 unspecified atom stereocenters. The van der Waals surface area contributed by atoms with Crippen molar-refractivity contribution in [2.45, 2.75) is 22.0 Å². The van der Waals surface area contributed by atoms with Gasteiger partial charge in [0.1, 0.15) is 11.6 Å². The lowest BCUT2D eigenvalue weighted by Gasteiger charge is -2.36. The summed E-state index contributed by atoms with van der Waals surface area (Å²) < 4.78 is 55.5. The first-order chi connectivity index (χ1) is 15.8. The lowest BCUT2D eigenvalue weighted by molar-refractivity contribution is 0.378. The molecule has 2 aliphatic heterocycles. The fourth-order valence-corrected chi connectivity index (χ4v) is 6.80. The Balaban J connectivity index is 1.31. The third-order valence-electron chi connectivity index (χ3n) is 6.15. The number of rotatable bonds is 4. The molecule has 0 bridgehead atoms. The van der Waals surface area contributed by atoms with Crippen LogP contribution in [0.15, 0.2) is 70.5 Å². The summed E-state index contributed by atoms with van der Waals surface area (Å²) in [7, 11) is -3.61. The Kier molecular flexibility index (Phi) is 5.80. The molecule has 3 aromatic carbocycles. The minimum absolute atomic E-state index is 0.246. The molecule has 172 valence electrons. The van der Waals surface area contributed by atoms with Crippen LogP contribution in [0.25, 0.3) is 0 Å². The second kappa shape index (κ2) is 8.62. The number of anilines is 3. The predicted octanol–water partition coefficient (Wildman–Crippen LogP) is 5.39. The maximum atomic E-state index is 14.1. The SMILES string of the molecule is CC(c1ccc2c(c1)Nc1ccccc1S2)S(=O)(=O)N1CCN(c2ccc(F)cc2F)CC1. The number of hydrogen-bond acceptors (Lipinski definition) is 5. The first-order valence-electron chi connectivity index (χ1n) is 10.7. The summed E-state index contributed by atoms with van der Waals surface area (Å²) in [6, 6.07) is 17.2. The van der Waals surface area contributed by atoms with Gasteiger partial charge in [-0.3, -0.25) is 0 Å². The minimum atomic E-state index is -3.61. The molecule has 2 aliphatic rings. The Labute approximate surface area is 196 Å². The lowest BCUT2D eigenvalue weighted by Crippen LogP contribution is -2.49. The van der Waals surface area contributed by atoms with E-state index in [0.717, 1.165) is 27.2 Å². The van der Waals surface area contributed by atoms with Gasteiger partial charge in [0.05, 0.1) is 22.3 Å². The summed E-state index contributed by atoms with van der Waals surface area (Å²) in [4.78, 5) is 3.94. The number of para-hydroxylation sites is 1. The van der Waals surface area contributed by atoms with Crippen LogP contribution in [0.2, 0.25) is 0 Å². The second-order valence-corrected chi connectivity index (χ2v) is 11.5. The Morgan fingerprint density at radius 2 is 1.64 bits per heavy atom. The zero-order valence-electron chi connectivity index (χ0n) is 18.0. The molecule has 1 atom stereocenters. The van der Waals surface area contributed by atoms with Gasteiger partial charge in [-0.2, -0.15) is 4.31 Å². The van der Waals surface area contributed by atoms with Gasteiger partial charge in [0, 0.05) is 42.0 Å². The average molecular weight is 488 g/mol. The van der Waals surface area contributed by atoms with E-state index >= 15 is 0 Å². The Morgan fingerprint density at radius 1 is 0.909 bits per heavy atom. The van der Waals surface area contributed by atoms with Crippen LogP contribution in [0.1, 0.15) is 17.7 Å². The van der Waals surface area contributed by atoms with E-state index in [1.165, 1.54) is 16.4 Å². The van der Waals surface area contributed by atoms with Crippen molar-refractivity contribution in [1.82, 2.24) is 4.31 Å². The number of sulfonamides is 1.